The van der Waals surface area contributed by atoms with Gasteiger partial charge >= 0.3 is 0 Å². The van der Waals surface area contributed by atoms with Crippen LogP contribution in [0.25, 0.3) is 0 Å². The first-order valence-corrected chi connectivity index (χ1v) is 9.77. The Balaban J connectivity index is 1.32. The molecule has 1 N–H and O–H groups in total. The second kappa shape index (κ2) is 8.08. The second-order valence-electron chi connectivity index (χ2n) is 7.59. The number of nitrogens with one attached hydrogen (secondary N) is 1. The van der Waals surface area contributed by atoms with E-state index >= 15 is 0 Å². The van der Waals surface area contributed by atoms with Gasteiger partial charge in [0.05, 0.1) is 24.8 Å². The standard InChI is InChI=1S/C20H26N4O3/c25-19-11-18(21-14-22-19)16-3-1-7-24(12-16)20(26)15-5-8-23(9-6-15)13-17-4-2-10-27-17/h2,4,10-11,14-16H,1,3,5-9,12-13H2,(H,21,22,25)/t16-/m1/s1. The minimum absolute atomic E-state index is 0.101. The van der Waals surface area contributed by atoms with Gasteiger partial charge in [-0.1, -0.05) is 0 Å². The fourth-order valence-corrected chi connectivity index (χ4v) is 4.24. The summed E-state index contributed by atoms with van der Waals surface area (Å²) in [6.45, 7) is 4.13. The van der Waals surface area contributed by atoms with Crippen LogP contribution in [0.15, 0.2) is 40.0 Å². The van der Waals surface area contributed by atoms with Crippen molar-refractivity contribution in [1.29, 1.82) is 0 Å². The summed E-state index contributed by atoms with van der Waals surface area (Å²) < 4.78 is 5.42. The van der Waals surface area contributed by atoms with Crippen molar-refractivity contribution in [2.24, 2.45) is 5.92 Å². The van der Waals surface area contributed by atoms with E-state index in [4.69, 9.17) is 4.42 Å². The summed E-state index contributed by atoms with van der Waals surface area (Å²) in [5, 5.41) is 0. The van der Waals surface area contributed by atoms with E-state index < -0.39 is 0 Å². The third kappa shape index (κ3) is 4.30. The van der Waals surface area contributed by atoms with Gasteiger partial charge in [0.1, 0.15) is 5.76 Å². The van der Waals surface area contributed by atoms with Gasteiger partial charge in [-0.05, 0) is 50.9 Å². The lowest BCUT2D eigenvalue weighted by Crippen LogP contribution is -2.45. The summed E-state index contributed by atoms with van der Waals surface area (Å²) in [6, 6.07) is 5.47. The molecule has 0 aliphatic carbocycles. The molecule has 2 saturated heterocycles. The number of furan rings is 1. The molecule has 7 heteroatoms. The Morgan fingerprint density at radius 2 is 2.11 bits per heavy atom. The third-order valence-electron chi connectivity index (χ3n) is 5.75. The summed E-state index contributed by atoms with van der Waals surface area (Å²) in [5.74, 6) is 1.50. The van der Waals surface area contributed by atoms with Crippen molar-refractivity contribution < 1.29 is 9.21 Å². The lowest BCUT2D eigenvalue weighted by molar-refractivity contribution is -0.138. The predicted octanol–water partition coefficient (Wildman–Crippen LogP) is 1.98. The highest BCUT2D eigenvalue weighted by Gasteiger charge is 2.32. The van der Waals surface area contributed by atoms with Crippen LogP contribution >= 0.6 is 0 Å². The first-order valence-electron chi connectivity index (χ1n) is 9.77. The van der Waals surface area contributed by atoms with Gasteiger partial charge in [0.2, 0.25) is 5.91 Å². The molecule has 0 bridgehead atoms. The third-order valence-corrected chi connectivity index (χ3v) is 5.75. The zero-order valence-electron chi connectivity index (χ0n) is 15.5. The van der Waals surface area contributed by atoms with Crippen molar-refractivity contribution >= 4 is 5.91 Å². The van der Waals surface area contributed by atoms with Crippen LogP contribution in [0.1, 0.15) is 43.1 Å². The molecule has 2 aromatic rings. The van der Waals surface area contributed by atoms with Crippen LogP contribution in [-0.2, 0) is 11.3 Å². The van der Waals surface area contributed by atoms with Crippen LogP contribution < -0.4 is 5.56 Å². The number of piperidine rings is 2. The van der Waals surface area contributed by atoms with Gasteiger partial charge in [-0.3, -0.25) is 14.5 Å². The van der Waals surface area contributed by atoms with E-state index in [-0.39, 0.29) is 23.3 Å². The molecule has 1 amide bonds. The molecular formula is C20H26N4O3. The molecule has 2 fully saturated rings. The Hall–Kier alpha value is -2.41. The molecule has 0 saturated carbocycles. The van der Waals surface area contributed by atoms with E-state index in [0.717, 1.165) is 63.3 Å². The predicted molar refractivity (Wildman–Crippen MR) is 100 cm³/mol. The lowest BCUT2D eigenvalue weighted by atomic mass is 9.91. The summed E-state index contributed by atoms with van der Waals surface area (Å²) in [6.07, 6.45) is 6.87. The highest BCUT2D eigenvalue weighted by Crippen LogP contribution is 2.28. The molecule has 2 aliphatic heterocycles. The second-order valence-corrected chi connectivity index (χ2v) is 7.59. The Morgan fingerprint density at radius 3 is 2.85 bits per heavy atom. The normalized spacial score (nSPS) is 22.1. The number of carbonyl (C=O) groups excluding carboxylic acids is 1. The topological polar surface area (TPSA) is 82.4 Å². The van der Waals surface area contributed by atoms with Gasteiger partial charge in [0.25, 0.3) is 5.56 Å². The van der Waals surface area contributed by atoms with Gasteiger partial charge in [0, 0.05) is 31.0 Å². The highest BCUT2D eigenvalue weighted by atomic mass is 16.3. The van der Waals surface area contributed by atoms with Crippen LogP contribution in [-0.4, -0.2) is 51.9 Å². The number of likely N-dealkylation sites (tertiary alicyclic amines) is 2. The van der Waals surface area contributed by atoms with Crippen LogP contribution in [0.3, 0.4) is 0 Å². The molecule has 0 spiro atoms. The fourth-order valence-electron chi connectivity index (χ4n) is 4.24. The number of hydrogen-bond donors (Lipinski definition) is 1. The molecule has 1 atom stereocenters. The Kier molecular flexibility index (Phi) is 5.38. The van der Waals surface area contributed by atoms with E-state index in [1.165, 1.54) is 6.33 Å². The number of aromatic amines is 1. The lowest BCUT2D eigenvalue weighted by Gasteiger charge is -2.37. The van der Waals surface area contributed by atoms with Crippen molar-refractivity contribution in [3.63, 3.8) is 0 Å². The maximum absolute atomic E-state index is 13.0. The quantitative estimate of drug-likeness (QED) is 0.890. The average molecular weight is 370 g/mol. The van der Waals surface area contributed by atoms with Crippen molar-refractivity contribution in [1.82, 2.24) is 19.8 Å². The summed E-state index contributed by atoms with van der Waals surface area (Å²) in [7, 11) is 0. The van der Waals surface area contributed by atoms with Crippen LogP contribution in [0, 0.1) is 5.92 Å². The van der Waals surface area contributed by atoms with E-state index in [2.05, 4.69) is 14.9 Å². The number of carbonyl (C=O) groups is 1. The van der Waals surface area contributed by atoms with Gasteiger partial charge in [-0.15, -0.1) is 0 Å². The Labute approximate surface area is 158 Å². The number of aromatic nitrogens is 2. The van der Waals surface area contributed by atoms with E-state index in [1.54, 1.807) is 12.3 Å². The van der Waals surface area contributed by atoms with Crippen molar-refractivity contribution in [3.8, 4) is 0 Å². The van der Waals surface area contributed by atoms with Crippen molar-refractivity contribution in [2.75, 3.05) is 26.2 Å². The van der Waals surface area contributed by atoms with Gasteiger partial charge in [0.15, 0.2) is 0 Å². The Morgan fingerprint density at radius 1 is 1.26 bits per heavy atom. The molecule has 4 heterocycles. The van der Waals surface area contributed by atoms with Crippen LogP contribution in [0.2, 0.25) is 0 Å². The number of rotatable bonds is 4. The number of H-pyrrole nitrogens is 1. The molecule has 7 nitrogen and oxygen atoms in total. The zero-order valence-corrected chi connectivity index (χ0v) is 15.5. The number of hydrogen-bond acceptors (Lipinski definition) is 5. The van der Waals surface area contributed by atoms with E-state index in [9.17, 15) is 9.59 Å². The maximum atomic E-state index is 13.0. The first-order chi connectivity index (χ1) is 13.2. The Bertz CT molecular complexity index is 809. The molecular weight excluding hydrogens is 344 g/mol. The fraction of sp³-hybridized carbons (Fsp3) is 0.550. The zero-order chi connectivity index (χ0) is 18.6. The average Bonchev–Trinajstić information content (AvgIpc) is 3.21. The molecule has 27 heavy (non-hydrogen) atoms. The molecule has 0 aromatic carbocycles. The van der Waals surface area contributed by atoms with Crippen LogP contribution in [0.5, 0.6) is 0 Å². The van der Waals surface area contributed by atoms with Gasteiger partial charge < -0.3 is 14.3 Å². The highest BCUT2D eigenvalue weighted by molar-refractivity contribution is 5.79. The first kappa shape index (κ1) is 18.0. The molecule has 0 unspecified atom stereocenters. The summed E-state index contributed by atoms with van der Waals surface area (Å²) >= 11 is 0. The number of nitrogens with zero attached hydrogens (tertiary/aromatic N) is 3. The molecule has 2 aromatic heterocycles. The molecule has 4 rings (SSSR count). The SMILES string of the molecule is O=C(C1CCN(Cc2ccco2)CC1)N1CCC[C@@H](c2cc(=O)[nH]cn2)C1. The minimum atomic E-state index is -0.132. The molecule has 0 radical (unpaired) electrons. The smallest absolute Gasteiger partial charge is 0.250 e. The van der Waals surface area contributed by atoms with Crippen LogP contribution in [0.4, 0.5) is 0 Å². The van der Waals surface area contributed by atoms with E-state index in [1.807, 2.05) is 17.0 Å². The summed E-state index contributed by atoms with van der Waals surface area (Å²) in [5.41, 5.74) is 0.664. The van der Waals surface area contributed by atoms with Crippen molar-refractivity contribution in [3.05, 3.63) is 52.6 Å². The minimum Gasteiger partial charge on any atom is -0.468 e. The van der Waals surface area contributed by atoms with Gasteiger partial charge in [-0.25, -0.2) is 4.98 Å². The number of amides is 1. The van der Waals surface area contributed by atoms with Gasteiger partial charge in [-0.2, -0.15) is 0 Å². The summed E-state index contributed by atoms with van der Waals surface area (Å²) in [4.78, 5) is 35.8. The monoisotopic (exact) mass is 370 g/mol. The maximum Gasteiger partial charge on any atom is 0.250 e. The van der Waals surface area contributed by atoms with Crippen molar-refractivity contribution in [2.45, 2.75) is 38.1 Å². The molecule has 144 valence electrons. The van der Waals surface area contributed by atoms with E-state index in [0.29, 0.717) is 6.54 Å². The molecule has 2 aliphatic rings. The largest absolute Gasteiger partial charge is 0.468 e.